The summed E-state index contributed by atoms with van der Waals surface area (Å²) in [4.78, 5) is 0. The van der Waals surface area contributed by atoms with Crippen molar-refractivity contribution < 1.29 is 5.21 Å². The highest BCUT2D eigenvalue weighted by Gasteiger charge is 2.22. The number of amidine groups is 1. The van der Waals surface area contributed by atoms with Crippen LogP contribution in [-0.2, 0) is 13.1 Å². The van der Waals surface area contributed by atoms with Crippen LogP contribution in [0.4, 0.5) is 0 Å². The molecule has 1 aromatic heterocycles. The molecule has 0 bridgehead atoms. The van der Waals surface area contributed by atoms with Gasteiger partial charge >= 0.3 is 0 Å². The molecule has 0 aliphatic carbocycles. The van der Waals surface area contributed by atoms with Gasteiger partial charge in [0, 0.05) is 12.0 Å². The van der Waals surface area contributed by atoms with Crippen molar-refractivity contribution in [1.29, 1.82) is 0 Å². The molecule has 0 fully saturated rings. The summed E-state index contributed by atoms with van der Waals surface area (Å²) in [5.41, 5.74) is 5.40. The summed E-state index contributed by atoms with van der Waals surface area (Å²) in [7, 11) is 0. The lowest BCUT2D eigenvalue weighted by molar-refractivity contribution is 0.304. The van der Waals surface area contributed by atoms with E-state index in [0.717, 1.165) is 44.7 Å². The molecule has 0 aliphatic heterocycles. The summed E-state index contributed by atoms with van der Waals surface area (Å²) in [6, 6.07) is 0. The Morgan fingerprint density at radius 1 is 1.50 bits per heavy atom. The normalized spacial score (nSPS) is 12.8. The first kappa shape index (κ1) is 16.4. The van der Waals surface area contributed by atoms with Crippen LogP contribution < -0.4 is 11.1 Å². The molecule has 0 aromatic carbocycles. The third-order valence-electron chi connectivity index (χ3n) is 3.53. The van der Waals surface area contributed by atoms with Gasteiger partial charge in [0.1, 0.15) is 18.0 Å². The average Bonchev–Trinajstić information content (AvgIpc) is 2.89. The second-order valence-electron chi connectivity index (χ2n) is 5.54. The quantitative estimate of drug-likeness (QED) is 0.208. The van der Waals surface area contributed by atoms with Crippen molar-refractivity contribution in [3.63, 3.8) is 0 Å². The predicted molar refractivity (Wildman–Crippen MR) is 78.4 cm³/mol. The molecule has 114 valence electrons. The van der Waals surface area contributed by atoms with Gasteiger partial charge in [0.25, 0.3) is 0 Å². The van der Waals surface area contributed by atoms with Gasteiger partial charge in [-0.1, -0.05) is 25.4 Å². The molecule has 0 unspecified atom stereocenters. The summed E-state index contributed by atoms with van der Waals surface area (Å²) >= 11 is 0. The second-order valence-corrected chi connectivity index (χ2v) is 5.54. The topological polar surface area (TPSA) is 101 Å². The first-order chi connectivity index (χ1) is 9.51. The number of hydrogen-bond acceptors (Lipinski definition) is 5. The number of oxime groups is 1. The molecule has 0 saturated heterocycles. The zero-order valence-corrected chi connectivity index (χ0v) is 12.6. The Morgan fingerprint density at radius 3 is 2.90 bits per heavy atom. The van der Waals surface area contributed by atoms with Crippen molar-refractivity contribution in [3.05, 3.63) is 12.2 Å². The molecule has 7 nitrogen and oxygen atoms in total. The Labute approximate surface area is 120 Å². The third-order valence-corrected chi connectivity index (χ3v) is 3.53. The summed E-state index contributed by atoms with van der Waals surface area (Å²) in [6.07, 6.45) is 4.71. The molecule has 0 radical (unpaired) electrons. The largest absolute Gasteiger partial charge is 0.409 e. The molecular weight excluding hydrogens is 256 g/mol. The van der Waals surface area contributed by atoms with Crippen LogP contribution in [0.2, 0.25) is 0 Å². The average molecular weight is 282 g/mol. The Morgan fingerprint density at radius 2 is 2.25 bits per heavy atom. The van der Waals surface area contributed by atoms with Gasteiger partial charge in [-0.25, -0.2) is 0 Å². The number of rotatable bonds is 9. The van der Waals surface area contributed by atoms with Gasteiger partial charge in [0.05, 0.1) is 6.54 Å². The third kappa shape index (κ3) is 4.80. The monoisotopic (exact) mass is 282 g/mol. The number of unbranched alkanes of at least 4 members (excludes halogenated alkanes) is 1. The summed E-state index contributed by atoms with van der Waals surface area (Å²) < 4.78 is 2.02. The first-order valence-electron chi connectivity index (χ1n) is 7.06. The molecule has 1 heterocycles. The van der Waals surface area contributed by atoms with Crippen molar-refractivity contribution in [2.75, 3.05) is 6.54 Å². The minimum absolute atomic E-state index is 0.253. The van der Waals surface area contributed by atoms with Crippen LogP contribution >= 0.6 is 0 Å². The SMILES string of the molecule is CCn1cnnc1CNCCCCC(C)(C)C(N)=NO. The lowest BCUT2D eigenvalue weighted by Gasteiger charge is -2.22. The smallest absolute Gasteiger partial charge is 0.146 e. The van der Waals surface area contributed by atoms with E-state index in [1.54, 1.807) is 6.33 Å². The minimum Gasteiger partial charge on any atom is -0.409 e. The van der Waals surface area contributed by atoms with E-state index in [-0.39, 0.29) is 5.41 Å². The highest BCUT2D eigenvalue weighted by molar-refractivity contribution is 5.85. The van der Waals surface area contributed by atoms with Crippen molar-refractivity contribution in [2.45, 2.75) is 53.1 Å². The molecule has 0 atom stereocenters. The predicted octanol–water partition coefficient (Wildman–Crippen LogP) is 1.33. The van der Waals surface area contributed by atoms with Gasteiger partial charge in [-0.05, 0) is 26.3 Å². The van der Waals surface area contributed by atoms with Crippen LogP contribution in [0.15, 0.2) is 11.5 Å². The van der Waals surface area contributed by atoms with Crippen molar-refractivity contribution in [3.8, 4) is 0 Å². The van der Waals surface area contributed by atoms with Crippen LogP contribution in [-0.4, -0.2) is 32.4 Å². The molecule has 4 N–H and O–H groups in total. The molecule has 1 aromatic rings. The standard InChI is InChI=1S/C13H26N6O/c1-4-19-10-16-17-11(19)9-15-8-6-5-7-13(2,3)12(14)18-20/h10,15,20H,4-9H2,1-3H3,(H2,14,18). The lowest BCUT2D eigenvalue weighted by atomic mass is 9.86. The van der Waals surface area contributed by atoms with Crippen LogP contribution in [0.3, 0.4) is 0 Å². The molecule has 0 aliphatic rings. The summed E-state index contributed by atoms with van der Waals surface area (Å²) in [6.45, 7) is 8.58. The summed E-state index contributed by atoms with van der Waals surface area (Å²) in [5.74, 6) is 1.26. The molecule has 0 saturated carbocycles. The van der Waals surface area contributed by atoms with Gasteiger partial charge in [0.2, 0.25) is 0 Å². The van der Waals surface area contributed by atoms with E-state index in [9.17, 15) is 0 Å². The number of nitrogens with two attached hydrogens (primary N) is 1. The molecule has 0 spiro atoms. The van der Waals surface area contributed by atoms with Crippen molar-refractivity contribution in [1.82, 2.24) is 20.1 Å². The van der Waals surface area contributed by atoms with Gasteiger partial charge in [-0.3, -0.25) is 0 Å². The minimum atomic E-state index is -0.253. The maximum absolute atomic E-state index is 8.70. The Kier molecular flexibility index (Phi) is 6.44. The van der Waals surface area contributed by atoms with E-state index < -0.39 is 0 Å². The van der Waals surface area contributed by atoms with E-state index in [4.69, 9.17) is 10.9 Å². The maximum Gasteiger partial charge on any atom is 0.146 e. The van der Waals surface area contributed by atoms with Crippen LogP contribution in [0, 0.1) is 5.41 Å². The van der Waals surface area contributed by atoms with Gasteiger partial charge in [0.15, 0.2) is 0 Å². The van der Waals surface area contributed by atoms with Crippen molar-refractivity contribution >= 4 is 5.84 Å². The van der Waals surface area contributed by atoms with Crippen LogP contribution in [0.25, 0.3) is 0 Å². The number of nitrogens with zero attached hydrogens (tertiary/aromatic N) is 4. The lowest BCUT2D eigenvalue weighted by Crippen LogP contribution is -2.32. The number of nitrogens with one attached hydrogen (secondary N) is 1. The Hall–Kier alpha value is -1.63. The molecular formula is C13H26N6O. The number of aromatic nitrogens is 3. The van der Waals surface area contributed by atoms with Crippen LogP contribution in [0.1, 0.15) is 45.9 Å². The molecule has 0 amide bonds. The van der Waals surface area contributed by atoms with Crippen LogP contribution in [0.5, 0.6) is 0 Å². The fourth-order valence-electron chi connectivity index (χ4n) is 1.96. The number of hydrogen-bond donors (Lipinski definition) is 3. The second kappa shape index (κ2) is 7.84. The fraction of sp³-hybridized carbons (Fsp3) is 0.769. The van der Waals surface area contributed by atoms with E-state index in [1.807, 2.05) is 18.4 Å². The van der Waals surface area contributed by atoms with E-state index >= 15 is 0 Å². The zero-order valence-electron chi connectivity index (χ0n) is 12.6. The van der Waals surface area contributed by atoms with Gasteiger partial charge in [-0.2, -0.15) is 0 Å². The molecule has 20 heavy (non-hydrogen) atoms. The Balaban J connectivity index is 2.17. The van der Waals surface area contributed by atoms with Gasteiger partial charge < -0.3 is 20.8 Å². The highest BCUT2D eigenvalue weighted by atomic mass is 16.4. The number of aryl methyl sites for hydroxylation is 1. The maximum atomic E-state index is 8.70. The molecule has 1 rings (SSSR count). The van der Waals surface area contributed by atoms with E-state index in [1.165, 1.54) is 0 Å². The Bertz CT molecular complexity index is 426. The highest BCUT2D eigenvalue weighted by Crippen LogP contribution is 2.23. The van der Waals surface area contributed by atoms with Gasteiger partial charge in [-0.15, -0.1) is 10.2 Å². The molecule has 7 heteroatoms. The van der Waals surface area contributed by atoms with E-state index in [2.05, 4.69) is 27.6 Å². The fourth-order valence-corrected chi connectivity index (χ4v) is 1.96. The van der Waals surface area contributed by atoms with Crippen molar-refractivity contribution in [2.24, 2.45) is 16.3 Å². The van der Waals surface area contributed by atoms with E-state index in [0.29, 0.717) is 5.84 Å². The first-order valence-corrected chi connectivity index (χ1v) is 7.06. The zero-order chi connectivity index (χ0) is 15.0. The summed E-state index contributed by atoms with van der Waals surface area (Å²) in [5, 5.41) is 23.1.